The Morgan fingerprint density at radius 2 is 1.06 bits per heavy atom. The highest BCUT2D eigenvalue weighted by atomic mass is 16.3. The number of pyridine rings is 2. The first-order chi connectivity index (χ1) is 25.8. The second-order valence-electron chi connectivity index (χ2n) is 16.2. The normalized spacial score (nSPS) is 12.1. The summed E-state index contributed by atoms with van der Waals surface area (Å²) < 4.78 is 0. The zero-order valence-electron chi connectivity index (χ0n) is 31.5. The molecule has 4 heterocycles. The number of aromatic amines is 2. The van der Waals surface area contributed by atoms with E-state index in [9.17, 15) is 10.2 Å². The summed E-state index contributed by atoms with van der Waals surface area (Å²) in [5, 5.41) is 25.6. The van der Waals surface area contributed by atoms with Crippen LogP contribution in [0.25, 0.3) is 72.4 Å². The fourth-order valence-electron chi connectivity index (χ4n) is 7.02. The van der Waals surface area contributed by atoms with E-state index in [4.69, 9.17) is 9.97 Å². The highest BCUT2D eigenvalue weighted by Crippen LogP contribution is 2.44. The molecule has 0 atom stereocenters. The van der Waals surface area contributed by atoms with Gasteiger partial charge in [0.05, 0.1) is 22.4 Å². The maximum atomic E-state index is 12.0. The molecule has 0 radical (unpaired) electrons. The van der Waals surface area contributed by atoms with Crippen LogP contribution < -0.4 is 0 Å². The van der Waals surface area contributed by atoms with Gasteiger partial charge in [-0.2, -0.15) is 0 Å². The Morgan fingerprint density at radius 1 is 0.556 bits per heavy atom. The number of nitrogens with zero attached hydrogens (tertiary/aromatic N) is 2. The molecule has 0 spiro atoms. The van der Waals surface area contributed by atoms with Crippen LogP contribution in [0, 0.1) is 0 Å². The summed E-state index contributed by atoms with van der Waals surface area (Å²) in [5.74, 6) is 0.311. The molecule has 4 N–H and O–H groups in total. The van der Waals surface area contributed by atoms with Crippen molar-refractivity contribution in [2.45, 2.75) is 52.4 Å². The zero-order valence-corrected chi connectivity index (χ0v) is 31.5. The molecule has 0 aliphatic carbocycles. The van der Waals surface area contributed by atoms with Gasteiger partial charge >= 0.3 is 0 Å². The van der Waals surface area contributed by atoms with Gasteiger partial charge in [-0.05, 0) is 93.8 Å². The highest BCUT2D eigenvalue weighted by molar-refractivity contribution is 6.04. The standard InChI is InChI=1S/C48H44N4O2/c1-28(29-12-9-8-10-13-29)38-21-22-40(50-38)35-25-33(48(5,6)7)27-37(46(35)54)42-20-18-31-16-15-30-17-19-41(51-43(30)44(31)52-42)36-26-32(47(2,3)4)24-34(45(36)53)39-14-11-23-49-39/h8-27,49-50,53-54H,1H2,2-7H3. The Bertz CT molecular complexity index is 2710. The van der Waals surface area contributed by atoms with Gasteiger partial charge in [0.2, 0.25) is 0 Å². The summed E-state index contributed by atoms with van der Waals surface area (Å²) >= 11 is 0. The molecule has 6 nitrogen and oxygen atoms in total. The molecule has 0 unspecified atom stereocenters. The van der Waals surface area contributed by atoms with E-state index in [-0.39, 0.29) is 22.3 Å². The van der Waals surface area contributed by atoms with Crippen LogP contribution >= 0.6 is 0 Å². The number of hydrogen-bond donors (Lipinski definition) is 4. The summed E-state index contributed by atoms with van der Waals surface area (Å²) in [6, 6.07) is 38.2. The second-order valence-corrected chi connectivity index (χ2v) is 16.2. The van der Waals surface area contributed by atoms with Crippen molar-refractivity contribution in [1.82, 2.24) is 19.9 Å². The van der Waals surface area contributed by atoms with Gasteiger partial charge in [0.25, 0.3) is 0 Å². The molecule has 8 rings (SSSR count). The topological polar surface area (TPSA) is 97.8 Å². The van der Waals surface area contributed by atoms with Gasteiger partial charge in [0.15, 0.2) is 0 Å². The molecule has 4 aromatic heterocycles. The monoisotopic (exact) mass is 708 g/mol. The number of hydrogen-bond acceptors (Lipinski definition) is 4. The molecular weight excluding hydrogens is 665 g/mol. The largest absolute Gasteiger partial charge is 0.507 e. The van der Waals surface area contributed by atoms with Gasteiger partial charge in [-0.15, -0.1) is 0 Å². The van der Waals surface area contributed by atoms with Crippen molar-refractivity contribution >= 4 is 27.4 Å². The van der Waals surface area contributed by atoms with E-state index in [2.05, 4.69) is 70.2 Å². The SMILES string of the molecule is C=C(c1ccccc1)c1ccc(-c2cc(C(C)(C)C)cc(-c3ccc4ccc5ccc(-c6cc(C(C)(C)C)cc(-c7ccc[nH]7)c6O)nc5c4n3)c2O)[nH]1. The van der Waals surface area contributed by atoms with Crippen molar-refractivity contribution in [3.63, 3.8) is 0 Å². The molecule has 54 heavy (non-hydrogen) atoms. The van der Waals surface area contributed by atoms with Gasteiger partial charge in [0.1, 0.15) is 11.5 Å². The summed E-state index contributed by atoms with van der Waals surface area (Å²) in [6.45, 7) is 17.3. The molecule has 0 aliphatic rings. The Labute approximate surface area is 315 Å². The van der Waals surface area contributed by atoms with Crippen LogP contribution in [0.1, 0.15) is 63.9 Å². The summed E-state index contributed by atoms with van der Waals surface area (Å²) in [5.41, 5.74) is 11.6. The average Bonchev–Trinajstić information content (AvgIpc) is 3.87. The Hall–Kier alpha value is -6.40. The lowest BCUT2D eigenvalue weighted by molar-refractivity contribution is 0.477. The van der Waals surface area contributed by atoms with Crippen molar-refractivity contribution in [3.8, 4) is 56.5 Å². The van der Waals surface area contributed by atoms with Crippen molar-refractivity contribution < 1.29 is 10.2 Å². The van der Waals surface area contributed by atoms with E-state index < -0.39 is 0 Å². The number of fused-ring (bicyclic) bond motifs is 3. The molecule has 0 amide bonds. The predicted octanol–water partition coefficient (Wildman–Crippen LogP) is 12.2. The third-order valence-corrected chi connectivity index (χ3v) is 10.3. The molecule has 0 aliphatic heterocycles. The van der Waals surface area contributed by atoms with Crippen LogP contribution in [0.4, 0.5) is 0 Å². The lowest BCUT2D eigenvalue weighted by atomic mass is 9.83. The van der Waals surface area contributed by atoms with E-state index in [0.29, 0.717) is 39.1 Å². The molecule has 0 bridgehead atoms. The Balaban J connectivity index is 1.28. The number of aromatic hydroxyl groups is 2. The first kappa shape index (κ1) is 34.7. The third kappa shape index (κ3) is 6.24. The fraction of sp³-hybridized carbons (Fsp3) is 0.167. The summed E-state index contributed by atoms with van der Waals surface area (Å²) in [4.78, 5) is 17.2. The number of nitrogens with one attached hydrogen (secondary N) is 2. The van der Waals surface area contributed by atoms with Crippen LogP contribution in [0.2, 0.25) is 0 Å². The van der Waals surface area contributed by atoms with E-state index in [1.807, 2.05) is 109 Å². The van der Waals surface area contributed by atoms with Crippen LogP contribution in [-0.2, 0) is 10.8 Å². The van der Waals surface area contributed by atoms with Gasteiger partial charge in [-0.3, -0.25) is 0 Å². The van der Waals surface area contributed by atoms with Gasteiger partial charge in [0, 0.05) is 56.3 Å². The minimum absolute atomic E-state index is 0.142. The number of benzene rings is 4. The number of phenolic OH excluding ortho intramolecular Hbond substituents is 2. The van der Waals surface area contributed by atoms with E-state index >= 15 is 0 Å². The smallest absolute Gasteiger partial charge is 0.134 e. The molecule has 268 valence electrons. The number of H-pyrrole nitrogens is 2. The lowest BCUT2D eigenvalue weighted by Crippen LogP contribution is -2.11. The first-order valence-corrected chi connectivity index (χ1v) is 18.3. The molecule has 4 aromatic carbocycles. The zero-order chi connectivity index (χ0) is 37.9. The number of rotatable bonds is 6. The molecule has 0 fully saturated rings. The van der Waals surface area contributed by atoms with Crippen LogP contribution in [-0.4, -0.2) is 30.1 Å². The lowest BCUT2D eigenvalue weighted by Gasteiger charge is -2.22. The molecule has 8 aromatic rings. The van der Waals surface area contributed by atoms with Gasteiger partial charge in [-0.1, -0.05) is 103 Å². The predicted molar refractivity (Wildman–Crippen MR) is 223 cm³/mol. The van der Waals surface area contributed by atoms with E-state index in [0.717, 1.165) is 55.7 Å². The molecule has 6 heteroatoms. The third-order valence-electron chi connectivity index (χ3n) is 10.3. The maximum Gasteiger partial charge on any atom is 0.134 e. The quantitative estimate of drug-likeness (QED) is 0.129. The van der Waals surface area contributed by atoms with Gasteiger partial charge < -0.3 is 20.2 Å². The van der Waals surface area contributed by atoms with Crippen molar-refractivity contribution in [3.05, 3.63) is 150 Å². The van der Waals surface area contributed by atoms with Crippen LogP contribution in [0.15, 0.2) is 128 Å². The summed E-state index contributed by atoms with van der Waals surface area (Å²) in [6.07, 6.45) is 1.86. The second kappa shape index (κ2) is 12.9. The van der Waals surface area contributed by atoms with Crippen LogP contribution in [0.3, 0.4) is 0 Å². The Morgan fingerprint density at radius 3 is 1.56 bits per heavy atom. The maximum absolute atomic E-state index is 12.0. The Kier molecular flexibility index (Phi) is 8.30. The highest BCUT2D eigenvalue weighted by Gasteiger charge is 2.24. The van der Waals surface area contributed by atoms with Gasteiger partial charge in [-0.25, -0.2) is 9.97 Å². The molecule has 0 saturated carbocycles. The minimum atomic E-state index is -0.206. The van der Waals surface area contributed by atoms with E-state index in [1.54, 1.807) is 0 Å². The fourth-order valence-corrected chi connectivity index (χ4v) is 7.02. The summed E-state index contributed by atoms with van der Waals surface area (Å²) in [7, 11) is 0. The number of phenols is 2. The van der Waals surface area contributed by atoms with Crippen LogP contribution in [0.5, 0.6) is 11.5 Å². The minimum Gasteiger partial charge on any atom is -0.507 e. The first-order valence-electron chi connectivity index (χ1n) is 18.3. The van der Waals surface area contributed by atoms with Crippen molar-refractivity contribution in [1.29, 1.82) is 0 Å². The number of aromatic nitrogens is 4. The van der Waals surface area contributed by atoms with E-state index in [1.165, 1.54) is 0 Å². The van der Waals surface area contributed by atoms with Crippen molar-refractivity contribution in [2.75, 3.05) is 0 Å². The average molecular weight is 709 g/mol. The molecule has 0 saturated heterocycles. The van der Waals surface area contributed by atoms with Crippen molar-refractivity contribution in [2.24, 2.45) is 0 Å². The molecular formula is C48H44N4O2.